The third-order valence-corrected chi connectivity index (χ3v) is 3.17. The van der Waals surface area contributed by atoms with Gasteiger partial charge in [0.1, 0.15) is 5.82 Å². The molecule has 0 saturated carbocycles. The van der Waals surface area contributed by atoms with E-state index in [1.807, 2.05) is 4.68 Å². The molecule has 2 N–H and O–H groups in total. The average molecular weight is 243 g/mol. The molecule has 6 heteroatoms. The molecule has 0 aliphatic carbocycles. The van der Waals surface area contributed by atoms with Crippen LogP contribution in [0.15, 0.2) is 12.3 Å². The lowest BCUT2D eigenvalue weighted by Gasteiger charge is -2.28. The van der Waals surface area contributed by atoms with Crippen LogP contribution in [0, 0.1) is 5.92 Å². The molecule has 0 bridgehead atoms. The first kappa shape index (κ1) is 11.4. The molecule has 2 heterocycles. The lowest BCUT2D eigenvalue weighted by Crippen LogP contribution is -2.44. The van der Waals surface area contributed by atoms with E-state index in [-0.39, 0.29) is 11.8 Å². The standard InChI is InChI=1S/C10H15ClN4O/c1-7(4-11)10(16)14-9-2-3-13-15(9)8-5-12-6-8/h2-3,7-8,12H,4-6H2,1H3,(H,14,16). The zero-order valence-electron chi connectivity index (χ0n) is 9.11. The topological polar surface area (TPSA) is 59.0 Å². The Bertz CT molecular complexity index is 375. The lowest BCUT2D eigenvalue weighted by molar-refractivity contribution is -0.118. The SMILES string of the molecule is CC(CCl)C(=O)Nc1ccnn1C1CNC1. The van der Waals surface area contributed by atoms with E-state index in [0.717, 1.165) is 18.9 Å². The summed E-state index contributed by atoms with van der Waals surface area (Å²) in [4.78, 5) is 11.7. The summed E-state index contributed by atoms with van der Waals surface area (Å²) < 4.78 is 1.84. The second-order valence-electron chi connectivity index (χ2n) is 4.02. The van der Waals surface area contributed by atoms with Crippen LogP contribution >= 0.6 is 11.6 Å². The van der Waals surface area contributed by atoms with Gasteiger partial charge in [0.25, 0.3) is 0 Å². The van der Waals surface area contributed by atoms with Gasteiger partial charge < -0.3 is 10.6 Å². The molecule has 0 aromatic carbocycles. The van der Waals surface area contributed by atoms with Gasteiger partial charge in [0.15, 0.2) is 0 Å². The molecule has 1 fully saturated rings. The van der Waals surface area contributed by atoms with Crippen LogP contribution in [0.4, 0.5) is 5.82 Å². The molecule has 1 aromatic heterocycles. The molecule has 88 valence electrons. The van der Waals surface area contributed by atoms with Gasteiger partial charge in [0, 0.05) is 31.0 Å². The average Bonchev–Trinajstić information content (AvgIpc) is 2.62. The molecule has 0 spiro atoms. The Morgan fingerprint density at radius 3 is 3.12 bits per heavy atom. The fraction of sp³-hybridized carbons (Fsp3) is 0.600. The fourth-order valence-corrected chi connectivity index (χ4v) is 1.61. The van der Waals surface area contributed by atoms with Crippen LogP contribution in [0.5, 0.6) is 0 Å². The summed E-state index contributed by atoms with van der Waals surface area (Å²) in [5.74, 6) is 0.812. The highest BCUT2D eigenvalue weighted by molar-refractivity contribution is 6.19. The molecule has 1 aromatic rings. The number of aromatic nitrogens is 2. The Kier molecular flexibility index (Phi) is 3.46. The van der Waals surface area contributed by atoms with Crippen molar-refractivity contribution in [1.82, 2.24) is 15.1 Å². The zero-order valence-corrected chi connectivity index (χ0v) is 9.87. The van der Waals surface area contributed by atoms with Crippen LogP contribution < -0.4 is 10.6 Å². The van der Waals surface area contributed by atoms with Gasteiger partial charge in [-0.2, -0.15) is 5.10 Å². The van der Waals surface area contributed by atoms with E-state index in [2.05, 4.69) is 15.7 Å². The summed E-state index contributed by atoms with van der Waals surface area (Å²) in [6.45, 7) is 3.60. The number of alkyl halides is 1. The molecule has 1 amide bonds. The minimum atomic E-state index is -0.190. The molecule has 0 radical (unpaired) electrons. The highest BCUT2D eigenvalue weighted by Gasteiger charge is 2.22. The number of anilines is 1. The zero-order chi connectivity index (χ0) is 11.5. The highest BCUT2D eigenvalue weighted by Crippen LogP contribution is 2.18. The summed E-state index contributed by atoms with van der Waals surface area (Å²) in [5.41, 5.74) is 0. The van der Waals surface area contributed by atoms with Gasteiger partial charge in [0.05, 0.1) is 12.2 Å². The van der Waals surface area contributed by atoms with Gasteiger partial charge in [0.2, 0.25) is 5.91 Å². The predicted octanol–water partition coefficient (Wildman–Crippen LogP) is 0.841. The summed E-state index contributed by atoms with van der Waals surface area (Å²) in [5, 5.41) is 10.2. The molecule has 2 rings (SSSR count). The van der Waals surface area contributed by atoms with Crippen LogP contribution in [0.1, 0.15) is 13.0 Å². The number of halogens is 1. The van der Waals surface area contributed by atoms with Gasteiger partial charge in [-0.25, -0.2) is 4.68 Å². The summed E-state index contributed by atoms with van der Waals surface area (Å²) in [6.07, 6.45) is 1.69. The fourth-order valence-electron chi connectivity index (χ4n) is 1.47. The van der Waals surface area contributed by atoms with Crippen LogP contribution in [0.2, 0.25) is 0 Å². The van der Waals surface area contributed by atoms with Crippen molar-refractivity contribution in [3.63, 3.8) is 0 Å². The van der Waals surface area contributed by atoms with E-state index < -0.39 is 0 Å². The minimum absolute atomic E-state index is 0.0657. The molecule has 1 saturated heterocycles. The van der Waals surface area contributed by atoms with Gasteiger partial charge in [-0.05, 0) is 0 Å². The molecular weight excluding hydrogens is 228 g/mol. The lowest BCUT2D eigenvalue weighted by atomic mass is 10.2. The van der Waals surface area contributed by atoms with Crippen LogP contribution in [-0.2, 0) is 4.79 Å². The monoisotopic (exact) mass is 242 g/mol. The van der Waals surface area contributed by atoms with Crippen molar-refractivity contribution in [1.29, 1.82) is 0 Å². The molecule has 16 heavy (non-hydrogen) atoms. The predicted molar refractivity (Wildman–Crippen MR) is 62.6 cm³/mol. The smallest absolute Gasteiger partial charge is 0.229 e. The van der Waals surface area contributed by atoms with Gasteiger partial charge in [-0.1, -0.05) is 6.92 Å². The number of hydrogen-bond acceptors (Lipinski definition) is 3. The second-order valence-corrected chi connectivity index (χ2v) is 4.33. The number of amides is 1. The third kappa shape index (κ3) is 2.20. The first-order valence-electron chi connectivity index (χ1n) is 5.33. The van der Waals surface area contributed by atoms with Crippen LogP contribution in [0.25, 0.3) is 0 Å². The number of carbonyl (C=O) groups excluding carboxylic acids is 1. The van der Waals surface area contributed by atoms with Crippen molar-refractivity contribution in [3.05, 3.63) is 12.3 Å². The van der Waals surface area contributed by atoms with Crippen molar-refractivity contribution in [2.24, 2.45) is 5.92 Å². The van der Waals surface area contributed by atoms with Crippen molar-refractivity contribution in [2.75, 3.05) is 24.3 Å². The minimum Gasteiger partial charge on any atom is -0.312 e. The summed E-state index contributed by atoms with van der Waals surface area (Å²) in [6, 6.07) is 2.15. The van der Waals surface area contributed by atoms with Gasteiger partial charge in [-0.3, -0.25) is 4.79 Å². The molecule has 1 aliphatic rings. The Morgan fingerprint density at radius 1 is 1.81 bits per heavy atom. The first-order chi connectivity index (χ1) is 7.72. The van der Waals surface area contributed by atoms with Crippen molar-refractivity contribution < 1.29 is 4.79 Å². The second kappa shape index (κ2) is 4.84. The van der Waals surface area contributed by atoms with Crippen LogP contribution in [-0.4, -0.2) is 34.7 Å². The Hall–Kier alpha value is -1.07. The Labute approximate surface area is 99.2 Å². The Balaban J connectivity index is 2.03. The number of rotatable bonds is 4. The van der Waals surface area contributed by atoms with Gasteiger partial charge in [-0.15, -0.1) is 11.6 Å². The molecule has 1 atom stereocenters. The normalized spacial score (nSPS) is 17.9. The maximum Gasteiger partial charge on any atom is 0.229 e. The quantitative estimate of drug-likeness (QED) is 0.770. The molecule has 1 aliphatic heterocycles. The highest BCUT2D eigenvalue weighted by atomic mass is 35.5. The van der Waals surface area contributed by atoms with E-state index >= 15 is 0 Å². The first-order valence-corrected chi connectivity index (χ1v) is 5.87. The Morgan fingerprint density at radius 2 is 2.56 bits per heavy atom. The van der Waals surface area contributed by atoms with E-state index in [1.165, 1.54) is 0 Å². The maximum absolute atomic E-state index is 11.7. The summed E-state index contributed by atoms with van der Waals surface area (Å²) >= 11 is 5.63. The summed E-state index contributed by atoms with van der Waals surface area (Å²) in [7, 11) is 0. The van der Waals surface area contributed by atoms with Crippen molar-refractivity contribution in [3.8, 4) is 0 Å². The number of nitrogens with one attached hydrogen (secondary N) is 2. The molecule has 1 unspecified atom stereocenters. The van der Waals surface area contributed by atoms with E-state index in [1.54, 1.807) is 19.2 Å². The molecular formula is C10H15ClN4O. The molecule has 5 nitrogen and oxygen atoms in total. The maximum atomic E-state index is 11.7. The number of carbonyl (C=O) groups is 1. The largest absolute Gasteiger partial charge is 0.312 e. The van der Waals surface area contributed by atoms with Gasteiger partial charge >= 0.3 is 0 Å². The van der Waals surface area contributed by atoms with Crippen molar-refractivity contribution in [2.45, 2.75) is 13.0 Å². The third-order valence-electron chi connectivity index (χ3n) is 2.71. The van der Waals surface area contributed by atoms with E-state index in [9.17, 15) is 4.79 Å². The number of hydrogen-bond donors (Lipinski definition) is 2. The van der Waals surface area contributed by atoms with Crippen LogP contribution in [0.3, 0.4) is 0 Å². The van der Waals surface area contributed by atoms with E-state index in [0.29, 0.717) is 11.9 Å². The number of nitrogens with zero attached hydrogens (tertiary/aromatic N) is 2. The van der Waals surface area contributed by atoms with Crippen molar-refractivity contribution >= 4 is 23.3 Å². The van der Waals surface area contributed by atoms with E-state index in [4.69, 9.17) is 11.6 Å².